The number of alkyl halides is 3. The van der Waals surface area contributed by atoms with E-state index in [0.717, 1.165) is 17.3 Å². The summed E-state index contributed by atoms with van der Waals surface area (Å²) in [4.78, 5) is 16.5. The van der Waals surface area contributed by atoms with Crippen LogP contribution in [0.5, 0.6) is 0 Å². The molecule has 3 aromatic rings. The van der Waals surface area contributed by atoms with E-state index in [1.165, 1.54) is 23.1 Å². The number of hydrogen-bond acceptors (Lipinski definition) is 5. The van der Waals surface area contributed by atoms with Gasteiger partial charge in [-0.1, -0.05) is 30.3 Å². The highest BCUT2D eigenvalue weighted by Crippen LogP contribution is 2.29. The Morgan fingerprint density at radius 2 is 1.71 bits per heavy atom. The van der Waals surface area contributed by atoms with Crippen molar-refractivity contribution in [2.45, 2.75) is 19.1 Å². The van der Waals surface area contributed by atoms with Crippen molar-refractivity contribution in [1.29, 1.82) is 0 Å². The van der Waals surface area contributed by atoms with Gasteiger partial charge in [-0.2, -0.15) is 13.2 Å². The van der Waals surface area contributed by atoms with Gasteiger partial charge in [-0.25, -0.2) is 4.68 Å². The molecule has 10 heteroatoms. The highest BCUT2D eigenvalue weighted by Gasteiger charge is 2.30. The van der Waals surface area contributed by atoms with Crippen LogP contribution in [0.4, 0.5) is 13.2 Å². The smallest absolute Gasteiger partial charge is 0.340 e. The van der Waals surface area contributed by atoms with E-state index in [4.69, 9.17) is 0 Å². The van der Waals surface area contributed by atoms with Gasteiger partial charge in [-0.05, 0) is 39.8 Å². The second kappa shape index (κ2) is 8.84. The summed E-state index contributed by atoms with van der Waals surface area (Å²) in [5.74, 6) is 0.0360. The minimum Gasteiger partial charge on any atom is -0.340 e. The van der Waals surface area contributed by atoms with Crippen LogP contribution >= 0.6 is 0 Å². The minimum atomic E-state index is -4.34. The number of aromatic nitrogens is 4. The van der Waals surface area contributed by atoms with E-state index in [1.807, 2.05) is 24.3 Å². The third-order valence-corrected chi connectivity index (χ3v) is 5.29. The number of tetrazole rings is 1. The lowest BCUT2D eigenvalue weighted by atomic mass is 10.1. The zero-order valence-electron chi connectivity index (χ0n) is 16.7. The van der Waals surface area contributed by atoms with Gasteiger partial charge in [-0.15, -0.1) is 5.10 Å². The van der Waals surface area contributed by atoms with E-state index in [-0.39, 0.29) is 5.91 Å². The van der Waals surface area contributed by atoms with E-state index >= 15 is 0 Å². The third kappa shape index (κ3) is 5.26. The minimum absolute atomic E-state index is 0.0360. The van der Waals surface area contributed by atoms with Gasteiger partial charge in [0.25, 0.3) is 0 Å². The van der Waals surface area contributed by atoms with Crippen LogP contribution < -0.4 is 0 Å². The average Bonchev–Trinajstić information content (AvgIpc) is 3.29. The average molecular weight is 430 g/mol. The number of nitrogens with zero attached hydrogens (tertiary/aromatic N) is 6. The zero-order valence-corrected chi connectivity index (χ0v) is 16.7. The molecule has 2 aromatic carbocycles. The normalized spacial score (nSPS) is 15.3. The van der Waals surface area contributed by atoms with Crippen LogP contribution in [0.3, 0.4) is 0 Å². The zero-order chi connectivity index (χ0) is 21.8. The first-order chi connectivity index (χ1) is 14.9. The molecule has 0 unspecified atom stereocenters. The second-order valence-electron chi connectivity index (χ2n) is 7.45. The molecule has 1 fully saturated rings. The van der Waals surface area contributed by atoms with Crippen LogP contribution in [-0.4, -0.2) is 62.1 Å². The SMILES string of the molecule is O=C(Cc1ccc(-n2cnnn2)cc1)N1CCN(Cc2cccc(C(F)(F)F)c2)CC1. The van der Waals surface area contributed by atoms with Crippen LogP contribution in [0, 0.1) is 0 Å². The molecule has 0 saturated carbocycles. The van der Waals surface area contributed by atoms with Crippen molar-refractivity contribution in [3.63, 3.8) is 0 Å². The summed E-state index contributed by atoms with van der Waals surface area (Å²) in [5.41, 5.74) is 1.69. The number of benzene rings is 2. The van der Waals surface area contributed by atoms with Gasteiger partial charge >= 0.3 is 6.18 Å². The molecule has 1 aliphatic heterocycles. The predicted molar refractivity (Wildman–Crippen MR) is 106 cm³/mol. The molecule has 0 bridgehead atoms. The first kappa shape index (κ1) is 21.0. The van der Waals surface area contributed by atoms with Crippen LogP contribution in [0.2, 0.25) is 0 Å². The molecule has 2 heterocycles. The van der Waals surface area contributed by atoms with E-state index in [1.54, 1.807) is 11.0 Å². The number of halogens is 3. The molecule has 4 rings (SSSR count). The largest absolute Gasteiger partial charge is 0.416 e. The lowest BCUT2D eigenvalue weighted by molar-refractivity contribution is -0.137. The molecule has 1 amide bonds. The van der Waals surface area contributed by atoms with Crippen LogP contribution in [0.25, 0.3) is 5.69 Å². The Kier molecular flexibility index (Phi) is 5.99. The summed E-state index contributed by atoms with van der Waals surface area (Å²) in [6, 6.07) is 12.9. The van der Waals surface area contributed by atoms with Crippen molar-refractivity contribution in [2.75, 3.05) is 26.2 Å². The fraction of sp³-hybridized carbons (Fsp3) is 0.333. The molecule has 0 N–H and O–H groups in total. The van der Waals surface area contributed by atoms with Crippen molar-refractivity contribution < 1.29 is 18.0 Å². The van der Waals surface area contributed by atoms with Crippen molar-refractivity contribution in [2.24, 2.45) is 0 Å². The number of carbonyl (C=O) groups is 1. The maximum Gasteiger partial charge on any atom is 0.416 e. The van der Waals surface area contributed by atoms with Crippen molar-refractivity contribution in [1.82, 2.24) is 30.0 Å². The number of hydrogen-bond donors (Lipinski definition) is 0. The third-order valence-electron chi connectivity index (χ3n) is 5.29. The van der Waals surface area contributed by atoms with Crippen molar-refractivity contribution in [3.8, 4) is 5.69 Å². The molecule has 31 heavy (non-hydrogen) atoms. The summed E-state index contributed by atoms with van der Waals surface area (Å²) in [6.07, 6.45) is -2.55. The fourth-order valence-electron chi connectivity index (χ4n) is 3.59. The van der Waals surface area contributed by atoms with Crippen molar-refractivity contribution >= 4 is 5.91 Å². The Hall–Kier alpha value is -3.27. The van der Waals surface area contributed by atoms with Gasteiger partial charge in [-0.3, -0.25) is 9.69 Å². The van der Waals surface area contributed by atoms with E-state index in [0.29, 0.717) is 44.7 Å². The summed E-state index contributed by atoms with van der Waals surface area (Å²) in [5, 5.41) is 11.0. The molecule has 0 atom stereocenters. The van der Waals surface area contributed by atoms with Crippen LogP contribution in [0.15, 0.2) is 54.9 Å². The van der Waals surface area contributed by atoms with Gasteiger partial charge in [0.15, 0.2) is 0 Å². The fourth-order valence-corrected chi connectivity index (χ4v) is 3.59. The molecule has 1 aliphatic rings. The number of carbonyl (C=O) groups excluding carboxylic acids is 1. The van der Waals surface area contributed by atoms with Crippen LogP contribution in [0.1, 0.15) is 16.7 Å². The van der Waals surface area contributed by atoms with Gasteiger partial charge in [0, 0.05) is 32.7 Å². The standard InChI is InChI=1S/C21H21F3N6O/c22-21(23,24)18-3-1-2-17(12-18)14-28-8-10-29(11-9-28)20(31)13-16-4-6-19(7-5-16)30-15-25-26-27-30/h1-7,12,15H,8-11,13-14H2. The molecule has 0 radical (unpaired) electrons. The van der Waals surface area contributed by atoms with Crippen molar-refractivity contribution in [3.05, 3.63) is 71.5 Å². The molecule has 1 saturated heterocycles. The predicted octanol–water partition coefficient (Wildman–Crippen LogP) is 2.57. The monoisotopic (exact) mass is 430 g/mol. The second-order valence-corrected chi connectivity index (χ2v) is 7.45. The topological polar surface area (TPSA) is 67.2 Å². The summed E-state index contributed by atoms with van der Waals surface area (Å²) < 4.78 is 40.2. The van der Waals surface area contributed by atoms with Gasteiger partial charge < -0.3 is 4.90 Å². The quantitative estimate of drug-likeness (QED) is 0.623. The van der Waals surface area contributed by atoms with E-state index in [2.05, 4.69) is 20.4 Å². The molecular weight excluding hydrogens is 409 g/mol. The Labute approximate surface area is 177 Å². The van der Waals surface area contributed by atoms with E-state index in [9.17, 15) is 18.0 Å². The maximum atomic E-state index is 12.9. The summed E-state index contributed by atoms with van der Waals surface area (Å²) >= 11 is 0. The molecule has 0 spiro atoms. The number of rotatable bonds is 5. The first-order valence-corrected chi connectivity index (χ1v) is 9.87. The van der Waals surface area contributed by atoms with Gasteiger partial charge in [0.2, 0.25) is 5.91 Å². The Morgan fingerprint density at radius 3 is 2.35 bits per heavy atom. The first-order valence-electron chi connectivity index (χ1n) is 9.87. The highest BCUT2D eigenvalue weighted by molar-refractivity contribution is 5.79. The summed E-state index contributed by atoms with van der Waals surface area (Å²) in [6.45, 7) is 2.80. The lowest BCUT2D eigenvalue weighted by Crippen LogP contribution is -2.48. The Morgan fingerprint density at radius 1 is 0.968 bits per heavy atom. The summed E-state index contributed by atoms with van der Waals surface area (Å²) in [7, 11) is 0. The molecule has 162 valence electrons. The van der Waals surface area contributed by atoms with E-state index < -0.39 is 11.7 Å². The molecule has 1 aromatic heterocycles. The van der Waals surface area contributed by atoms with Gasteiger partial charge in [0.05, 0.1) is 17.7 Å². The Bertz CT molecular complexity index is 1010. The lowest BCUT2D eigenvalue weighted by Gasteiger charge is -2.35. The Balaban J connectivity index is 1.28. The number of amides is 1. The molecule has 0 aliphatic carbocycles. The molecular formula is C21H21F3N6O. The number of piperazine rings is 1. The van der Waals surface area contributed by atoms with Crippen LogP contribution in [-0.2, 0) is 23.9 Å². The van der Waals surface area contributed by atoms with Gasteiger partial charge in [0.1, 0.15) is 6.33 Å². The molecule has 7 nitrogen and oxygen atoms in total. The maximum absolute atomic E-state index is 12.9. The highest BCUT2D eigenvalue weighted by atomic mass is 19.4.